The Kier molecular flexibility index (Phi) is 2.94. The van der Waals surface area contributed by atoms with E-state index in [1.165, 1.54) is 0 Å². The highest BCUT2D eigenvalue weighted by Crippen LogP contribution is 2.27. The van der Waals surface area contributed by atoms with Gasteiger partial charge in [-0.1, -0.05) is 30.3 Å². The number of nitrogens with one attached hydrogen (secondary N) is 1. The van der Waals surface area contributed by atoms with Gasteiger partial charge >= 0.3 is 0 Å². The van der Waals surface area contributed by atoms with E-state index in [-0.39, 0.29) is 11.9 Å². The van der Waals surface area contributed by atoms with E-state index in [4.69, 9.17) is 12.2 Å². The minimum absolute atomic E-state index is 0.0923. The van der Waals surface area contributed by atoms with E-state index in [2.05, 4.69) is 10.2 Å². The average molecular weight is 274 g/mol. The van der Waals surface area contributed by atoms with E-state index in [1.54, 1.807) is 4.90 Å². The fraction of sp³-hybridized carbons (Fsp3) is 0.308. The zero-order valence-corrected chi connectivity index (χ0v) is 11.4. The van der Waals surface area contributed by atoms with Crippen LogP contribution in [0, 0.1) is 4.77 Å². The maximum absolute atomic E-state index is 12.2. The third-order valence-electron chi connectivity index (χ3n) is 3.45. The number of likely N-dealkylation sites (N-methyl/N-ethyl adjacent to an activating group) is 1. The van der Waals surface area contributed by atoms with Crippen molar-refractivity contribution in [2.75, 3.05) is 13.6 Å². The molecular weight excluding hydrogens is 260 g/mol. The monoisotopic (exact) mass is 274 g/mol. The van der Waals surface area contributed by atoms with E-state index in [9.17, 15) is 4.79 Å². The van der Waals surface area contributed by atoms with Crippen LogP contribution in [-0.4, -0.2) is 39.2 Å². The van der Waals surface area contributed by atoms with Crippen molar-refractivity contribution in [3.63, 3.8) is 0 Å². The van der Waals surface area contributed by atoms with E-state index in [0.717, 1.165) is 24.4 Å². The topological polar surface area (TPSA) is 53.9 Å². The maximum atomic E-state index is 12.2. The van der Waals surface area contributed by atoms with Gasteiger partial charge in [-0.05, 0) is 18.6 Å². The molecule has 1 aliphatic heterocycles. The number of nitrogens with zero attached hydrogens (tertiary/aromatic N) is 3. The van der Waals surface area contributed by atoms with E-state index >= 15 is 0 Å². The molecule has 5 nitrogen and oxygen atoms in total. The molecular formula is C13H14N4OS. The molecule has 6 heteroatoms. The van der Waals surface area contributed by atoms with Crippen molar-refractivity contribution in [1.29, 1.82) is 0 Å². The predicted molar refractivity (Wildman–Crippen MR) is 74.1 cm³/mol. The Morgan fingerprint density at radius 2 is 2.11 bits per heavy atom. The van der Waals surface area contributed by atoms with Crippen LogP contribution in [-0.2, 0) is 4.79 Å². The molecule has 0 aliphatic carbocycles. The van der Waals surface area contributed by atoms with Gasteiger partial charge < -0.3 is 4.90 Å². The second-order valence-electron chi connectivity index (χ2n) is 4.65. The van der Waals surface area contributed by atoms with E-state index in [1.807, 2.05) is 41.9 Å². The van der Waals surface area contributed by atoms with Crippen molar-refractivity contribution < 1.29 is 4.79 Å². The summed E-state index contributed by atoms with van der Waals surface area (Å²) in [5.41, 5.74) is 0.956. The van der Waals surface area contributed by atoms with Gasteiger partial charge in [0, 0.05) is 19.2 Å². The van der Waals surface area contributed by atoms with Gasteiger partial charge in [0.1, 0.15) is 6.04 Å². The normalized spacial score (nSPS) is 19.1. The third-order valence-corrected chi connectivity index (χ3v) is 3.74. The molecule has 1 aliphatic rings. The first-order valence-corrected chi connectivity index (χ1v) is 6.56. The zero-order chi connectivity index (χ0) is 13.4. The Bertz CT molecular complexity index is 661. The summed E-state index contributed by atoms with van der Waals surface area (Å²) in [7, 11) is 1.81. The molecule has 2 heterocycles. The molecule has 0 saturated carbocycles. The molecule has 1 fully saturated rings. The molecule has 0 bridgehead atoms. The number of likely N-dealkylation sites (tertiary alicyclic amines) is 1. The van der Waals surface area contributed by atoms with Gasteiger partial charge in [0.2, 0.25) is 5.91 Å². The molecule has 19 heavy (non-hydrogen) atoms. The lowest BCUT2D eigenvalue weighted by Gasteiger charge is -2.13. The first kappa shape index (κ1) is 12.1. The van der Waals surface area contributed by atoms with Crippen molar-refractivity contribution in [2.24, 2.45) is 0 Å². The Hall–Kier alpha value is -1.95. The maximum Gasteiger partial charge on any atom is 0.245 e. The van der Waals surface area contributed by atoms with Gasteiger partial charge in [-0.3, -0.25) is 14.5 Å². The first-order chi connectivity index (χ1) is 9.18. The van der Waals surface area contributed by atoms with Crippen molar-refractivity contribution in [3.05, 3.63) is 35.1 Å². The molecule has 1 atom stereocenters. The van der Waals surface area contributed by atoms with Crippen LogP contribution in [0.5, 0.6) is 0 Å². The van der Waals surface area contributed by atoms with Crippen LogP contribution in [0.4, 0.5) is 0 Å². The fourth-order valence-corrected chi connectivity index (χ4v) is 2.69. The zero-order valence-electron chi connectivity index (χ0n) is 10.5. The quantitative estimate of drug-likeness (QED) is 0.852. The molecule has 1 aromatic carbocycles. The summed E-state index contributed by atoms with van der Waals surface area (Å²) in [4.78, 5) is 13.9. The Morgan fingerprint density at radius 3 is 2.74 bits per heavy atom. The van der Waals surface area contributed by atoms with Crippen LogP contribution in [0.25, 0.3) is 11.4 Å². The summed E-state index contributed by atoms with van der Waals surface area (Å²) in [6, 6.07) is 9.52. The minimum atomic E-state index is -0.244. The van der Waals surface area contributed by atoms with Gasteiger partial charge in [0.25, 0.3) is 0 Å². The largest absolute Gasteiger partial charge is 0.344 e. The van der Waals surface area contributed by atoms with E-state index < -0.39 is 0 Å². The van der Waals surface area contributed by atoms with Crippen LogP contribution >= 0.6 is 12.2 Å². The molecule has 1 aromatic heterocycles. The number of carbonyl (C=O) groups is 1. The Labute approximate surface area is 115 Å². The van der Waals surface area contributed by atoms with Gasteiger partial charge in [-0.25, -0.2) is 0 Å². The molecule has 1 N–H and O–H groups in total. The number of hydrogen-bond donors (Lipinski definition) is 1. The van der Waals surface area contributed by atoms with Gasteiger partial charge in [0.05, 0.1) is 0 Å². The SMILES string of the molecule is CN1CCC(n2c(-c3ccccc3)n[nH]c2=S)C1=O. The summed E-state index contributed by atoms with van der Waals surface area (Å²) in [6.45, 7) is 0.755. The Morgan fingerprint density at radius 1 is 1.37 bits per heavy atom. The molecule has 2 aromatic rings. The number of aromatic nitrogens is 3. The first-order valence-electron chi connectivity index (χ1n) is 6.16. The third kappa shape index (κ3) is 1.98. The summed E-state index contributed by atoms with van der Waals surface area (Å²) < 4.78 is 2.32. The highest BCUT2D eigenvalue weighted by atomic mass is 32.1. The summed E-state index contributed by atoms with van der Waals surface area (Å²) in [6.07, 6.45) is 0.767. The van der Waals surface area contributed by atoms with Gasteiger partial charge in [-0.15, -0.1) is 0 Å². The number of benzene rings is 1. The van der Waals surface area contributed by atoms with Crippen molar-refractivity contribution in [2.45, 2.75) is 12.5 Å². The highest BCUT2D eigenvalue weighted by molar-refractivity contribution is 7.71. The van der Waals surface area contributed by atoms with Crippen LogP contribution in [0.15, 0.2) is 30.3 Å². The molecule has 1 unspecified atom stereocenters. The van der Waals surface area contributed by atoms with Crippen LogP contribution in [0.1, 0.15) is 12.5 Å². The molecule has 3 rings (SSSR count). The molecule has 98 valence electrons. The number of aromatic amines is 1. The van der Waals surface area contributed by atoms with Gasteiger partial charge in [-0.2, -0.15) is 5.10 Å². The molecule has 0 radical (unpaired) electrons. The lowest BCUT2D eigenvalue weighted by molar-refractivity contribution is -0.129. The molecule has 0 spiro atoms. The highest BCUT2D eigenvalue weighted by Gasteiger charge is 2.32. The number of H-pyrrole nitrogens is 1. The molecule has 1 saturated heterocycles. The van der Waals surface area contributed by atoms with E-state index in [0.29, 0.717) is 4.77 Å². The smallest absolute Gasteiger partial charge is 0.245 e. The number of amides is 1. The van der Waals surface area contributed by atoms with Gasteiger partial charge in [0.15, 0.2) is 10.6 Å². The van der Waals surface area contributed by atoms with Crippen LogP contribution < -0.4 is 0 Å². The van der Waals surface area contributed by atoms with Crippen molar-refractivity contribution >= 4 is 18.1 Å². The summed E-state index contributed by atoms with van der Waals surface area (Å²) >= 11 is 5.28. The summed E-state index contributed by atoms with van der Waals surface area (Å²) in [5, 5.41) is 7.06. The average Bonchev–Trinajstić information content (AvgIpc) is 2.95. The Balaban J connectivity index is 2.10. The number of rotatable bonds is 2. The van der Waals surface area contributed by atoms with Crippen molar-refractivity contribution in [3.8, 4) is 11.4 Å². The van der Waals surface area contributed by atoms with Crippen molar-refractivity contribution in [1.82, 2.24) is 19.7 Å². The lowest BCUT2D eigenvalue weighted by Crippen LogP contribution is -2.25. The second-order valence-corrected chi connectivity index (χ2v) is 5.04. The van der Waals surface area contributed by atoms with Crippen LogP contribution in [0.3, 0.4) is 0 Å². The fourth-order valence-electron chi connectivity index (χ4n) is 2.43. The van der Waals surface area contributed by atoms with Crippen LogP contribution in [0.2, 0.25) is 0 Å². The summed E-state index contributed by atoms with van der Waals surface area (Å²) in [5.74, 6) is 0.814. The molecule has 1 amide bonds. The predicted octanol–water partition coefficient (Wildman–Crippen LogP) is 2.01. The minimum Gasteiger partial charge on any atom is -0.344 e. The lowest BCUT2D eigenvalue weighted by atomic mass is 10.2. The standard InChI is InChI=1S/C13H14N4OS/c1-16-8-7-10(12(16)18)17-11(14-15-13(17)19)9-5-3-2-4-6-9/h2-6,10H,7-8H2,1H3,(H,15,19). The number of carbonyl (C=O) groups excluding carboxylic acids is 1. The second kappa shape index (κ2) is 4.62. The number of hydrogen-bond acceptors (Lipinski definition) is 3.